The van der Waals surface area contributed by atoms with Crippen molar-refractivity contribution in [3.05, 3.63) is 48.6 Å². The zero-order valence-corrected chi connectivity index (χ0v) is 46.3. The number of amides is 1. The summed E-state index contributed by atoms with van der Waals surface area (Å²) in [5.41, 5.74) is 0. The van der Waals surface area contributed by atoms with E-state index in [0.29, 0.717) is 12.8 Å². The molecule has 6 N–H and O–H groups in total. The van der Waals surface area contributed by atoms with Crippen molar-refractivity contribution in [2.24, 2.45) is 0 Å². The van der Waals surface area contributed by atoms with Gasteiger partial charge in [0.2, 0.25) is 5.91 Å². The van der Waals surface area contributed by atoms with Gasteiger partial charge in [-0.3, -0.25) is 9.59 Å². The SMILES string of the molecule is CC/C=C/C/C=C/CCCCCCCCC(O)C(=O)NC(COC1OC(CO)C(O)C(O)C1OC(=O)CCCCCCCCC/C=C/CCCCCCCC)C(O)/C=C/CCCCCCCCCCCCC. The van der Waals surface area contributed by atoms with Gasteiger partial charge in [-0.15, -0.1) is 0 Å². The molecule has 1 aliphatic heterocycles. The molecule has 1 heterocycles. The molecule has 0 aromatic carbocycles. The summed E-state index contributed by atoms with van der Waals surface area (Å²) in [4.78, 5) is 26.5. The molecule has 8 unspecified atom stereocenters. The Bertz CT molecular complexity index is 1350. The van der Waals surface area contributed by atoms with Crippen molar-refractivity contribution in [1.82, 2.24) is 5.32 Å². The van der Waals surface area contributed by atoms with Crippen molar-refractivity contribution >= 4 is 11.9 Å². The molecule has 72 heavy (non-hydrogen) atoms. The second kappa shape index (κ2) is 49.5. The van der Waals surface area contributed by atoms with Crippen molar-refractivity contribution in [2.45, 2.75) is 314 Å². The van der Waals surface area contributed by atoms with E-state index in [0.717, 1.165) is 103 Å². The highest BCUT2D eigenvalue weighted by Gasteiger charge is 2.47. The average molecular weight is 1020 g/mol. The van der Waals surface area contributed by atoms with Crippen molar-refractivity contribution in [1.29, 1.82) is 0 Å². The molecule has 0 aromatic heterocycles. The first-order valence-electron chi connectivity index (χ1n) is 29.9. The van der Waals surface area contributed by atoms with E-state index in [9.17, 15) is 35.1 Å². The number of allylic oxidation sites excluding steroid dienone is 7. The molecule has 0 saturated carbocycles. The summed E-state index contributed by atoms with van der Waals surface area (Å²) in [5, 5.41) is 56.9. The van der Waals surface area contributed by atoms with E-state index in [-0.39, 0.29) is 19.4 Å². The number of carbonyl (C=O) groups excluding carboxylic acids is 2. The lowest BCUT2D eigenvalue weighted by Crippen LogP contribution is -2.61. The topological polar surface area (TPSA) is 175 Å². The van der Waals surface area contributed by atoms with E-state index in [1.165, 1.54) is 116 Å². The molecule has 11 nitrogen and oxygen atoms in total. The molecule has 0 aromatic rings. The number of aliphatic hydroxyl groups is 5. The number of nitrogens with one attached hydrogen (secondary N) is 1. The number of ether oxygens (including phenoxy) is 3. The quantitative estimate of drug-likeness (QED) is 0.0195. The molecule has 0 spiro atoms. The van der Waals surface area contributed by atoms with E-state index in [2.05, 4.69) is 62.5 Å². The maximum Gasteiger partial charge on any atom is 0.306 e. The molecule has 420 valence electrons. The minimum Gasteiger partial charge on any atom is -0.454 e. The molecule has 0 aliphatic carbocycles. The van der Waals surface area contributed by atoms with Crippen LogP contribution in [-0.2, 0) is 23.8 Å². The summed E-state index contributed by atoms with van der Waals surface area (Å²) >= 11 is 0. The lowest BCUT2D eigenvalue weighted by atomic mass is 9.99. The Kier molecular flexibility index (Phi) is 46.5. The van der Waals surface area contributed by atoms with Crippen LogP contribution in [0.1, 0.15) is 265 Å². The van der Waals surface area contributed by atoms with Crippen LogP contribution in [0.15, 0.2) is 48.6 Å². The van der Waals surface area contributed by atoms with Crippen molar-refractivity contribution in [3.63, 3.8) is 0 Å². The van der Waals surface area contributed by atoms with Gasteiger partial charge in [0, 0.05) is 6.42 Å². The fraction of sp³-hybridized carbons (Fsp3) is 0.836. The Balaban J connectivity index is 2.71. The van der Waals surface area contributed by atoms with Gasteiger partial charge in [0.15, 0.2) is 12.4 Å². The fourth-order valence-corrected chi connectivity index (χ4v) is 9.21. The van der Waals surface area contributed by atoms with Gasteiger partial charge in [-0.25, -0.2) is 0 Å². The number of carbonyl (C=O) groups is 2. The highest BCUT2D eigenvalue weighted by atomic mass is 16.7. The number of unbranched alkanes of at least 4 members (excludes halogenated alkanes) is 30. The van der Waals surface area contributed by atoms with Crippen LogP contribution in [0.4, 0.5) is 0 Å². The molecule has 11 heteroatoms. The minimum atomic E-state index is -1.62. The molecule has 1 aliphatic rings. The van der Waals surface area contributed by atoms with Crippen LogP contribution in [0.5, 0.6) is 0 Å². The van der Waals surface area contributed by atoms with E-state index in [1.54, 1.807) is 6.08 Å². The first kappa shape index (κ1) is 67.6. The van der Waals surface area contributed by atoms with Crippen LogP contribution >= 0.6 is 0 Å². The standard InChI is InChI=1S/C61H111NO10/c1-4-7-10-13-16-19-22-25-26-27-28-31-34-37-40-43-46-49-56(66)72-59-58(68)57(67)55(50-63)71-61(59)70-51-52(53(64)47-44-41-38-35-32-29-23-20-17-14-11-8-5-2)62-60(69)54(65)48-45-42-39-36-33-30-24-21-18-15-12-9-6-3/h9,12,18,21,25-26,44,47,52-55,57-59,61,63-65,67-68H,4-8,10-11,13-17,19-20,22-24,27-43,45-46,48-51H2,1-3H3,(H,62,69)/b12-9+,21-18+,26-25+,47-44+. The number of hydrogen-bond donors (Lipinski definition) is 6. The van der Waals surface area contributed by atoms with E-state index >= 15 is 0 Å². The number of aliphatic hydroxyl groups excluding tert-OH is 5. The molecular weight excluding hydrogens is 907 g/mol. The zero-order valence-electron chi connectivity index (χ0n) is 46.3. The second-order valence-corrected chi connectivity index (χ2v) is 20.7. The summed E-state index contributed by atoms with van der Waals surface area (Å²) in [6.07, 6.45) is 48.6. The van der Waals surface area contributed by atoms with Gasteiger partial charge in [-0.2, -0.15) is 0 Å². The third-order valence-corrected chi connectivity index (χ3v) is 14.0. The normalized spacial score (nSPS) is 19.8. The third kappa shape index (κ3) is 37.4. The Morgan fingerprint density at radius 3 is 1.50 bits per heavy atom. The van der Waals surface area contributed by atoms with Crippen LogP contribution in [0, 0.1) is 0 Å². The summed E-state index contributed by atoms with van der Waals surface area (Å²) in [6.45, 7) is 5.67. The van der Waals surface area contributed by atoms with E-state index in [1.807, 2.05) is 6.08 Å². The molecule has 1 amide bonds. The Labute approximate surface area is 440 Å². The van der Waals surface area contributed by atoms with Crippen molar-refractivity contribution in [3.8, 4) is 0 Å². The molecule has 0 radical (unpaired) electrons. The molecule has 0 bridgehead atoms. The predicted molar refractivity (Wildman–Crippen MR) is 297 cm³/mol. The van der Waals surface area contributed by atoms with Crippen LogP contribution in [0.3, 0.4) is 0 Å². The summed E-state index contributed by atoms with van der Waals surface area (Å²) in [6, 6.07) is -1.03. The highest BCUT2D eigenvalue weighted by molar-refractivity contribution is 5.80. The maximum atomic E-state index is 13.4. The van der Waals surface area contributed by atoms with Gasteiger partial charge in [0.05, 0.1) is 25.4 Å². The largest absolute Gasteiger partial charge is 0.454 e. The molecular formula is C61H111NO10. The predicted octanol–water partition coefficient (Wildman–Crippen LogP) is 13.7. The number of rotatable bonds is 50. The summed E-state index contributed by atoms with van der Waals surface area (Å²) in [7, 11) is 0. The first-order chi connectivity index (χ1) is 35.2. The highest BCUT2D eigenvalue weighted by Crippen LogP contribution is 2.26. The average Bonchev–Trinajstić information content (AvgIpc) is 3.38. The third-order valence-electron chi connectivity index (χ3n) is 14.0. The summed E-state index contributed by atoms with van der Waals surface area (Å²) in [5.74, 6) is -1.20. The Hall–Kier alpha value is -2.38. The van der Waals surface area contributed by atoms with Gasteiger partial charge < -0.3 is 45.1 Å². The lowest BCUT2D eigenvalue weighted by Gasteiger charge is -2.41. The number of esters is 1. The second-order valence-electron chi connectivity index (χ2n) is 20.7. The van der Waals surface area contributed by atoms with E-state index < -0.39 is 67.4 Å². The molecule has 1 fully saturated rings. The molecule has 8 atom stereocenters. The van der Waals surface area contributed by atoms with Crippen LogP contribution in [0.2, 0.25) is 0 Å². The van der Waals surface area contributed by atoms with Crippen LogP contribution < -0.4 is 5.32 Å². The first-order valence-corrected chi connectivity index (χ1v) is 29.9. The number of hydrogen-bond acceptors (Lipinski definition) is 10. The van der Waals surface area contributed by atoms with Gasteiger partial charge in [-0.05, 0) is 77.0 Å². The van der Waals surface area contributed by atoms with E-state index in [4.69, 9.17) is 14.2 Å². The Morgan fingerprint density at radius 2 is 1.00 bits per heavy atom. The van der Waals surface area contributed by atoms with Crippen LogP contribution in [-0.4, -0.2) is 99.6 Å². The lowest BCUT2D eigenvalue weighted by molar-refractivity contribution is -0.305. The van der Waals surface area contributed by atoms with Gasteiger partial charge in [0.25, 0.3) is 0 Å². The zero-order chi connectivity index (χ0) is 52.5. The Morgan fingerprint density at radius 1 is 0.556 bits per heavy atom. The van der Waals surface area contributed by atoms with Gasteiger partial charge in [0.1, 0.15) is 24.4 Å². The molecule has 1 saturated heterocycles. The summed E-state index contributed by atoms with van der Waals surface area (Å²) < 4.78 is 17.6. The molecule has 1 rings (SSSR count). The maximum absolute atomic E-state index is 13.4. The smallest absolute Gasteiger partial charge is 0.306 e. The van der Waals surface area contributed by atoms with Crippen molar-refractivity contribution < 1.29 is 49.3 Å². The van der Waals surface area contributed by atoms with Crippen molar-refractivity contribution in [2.75, 3.05) is 13.2 Å². The minimum absolute atomic E-state index is 0.118. The van der Waals surface area contributed by atoms with Gasteiger partial charge in [-0.1, -0.05) is 230 Å². The monoisotopic (exact) mass is 1020 g/mol. The van der Waals surface area contributed by atoms with Gasteiger partial charge >= 0.3 is 5.97 Å². The van der Waals surface area contributed by atoms with Crippen LogP contribution in [0.25, 0.3) is 0 Å². The fourth-order valence-electron chi connectivity index (χ4n) is 9.21.